The molecule has 5 heteroatoms. The Morgan fingerprint density at radius 2 is 2.12 bits per heavy atom. The maximum Gasteiger partial charge on any atom is 0.308 e. The van der Waals surface area contributed by atoms with E-state index in [2.05, 4.69) is 40.8 Å². The van der Waals surface area contributed by atoms with Crippen LogP contribution in [0, 0.1) is 11.3 Å². The summed E-state index contributed by atoms with van der Waals surface area (Å²) < 4.78 is 0. The van der Waals surface area contributed by atoms with E-state index in [0.29, 0.717) is 6.54 Å². The number of allylic oxidation sites excluding steroid dienone is 1. The molecule has 25 heavy (non-hydrogen) atoms. The second-order valence-electron chi connectivity index (χ2n) is 7.87. The normalized spacial score (nSPS) is 23.7. The first-order valence-corrected chi connectivity index (χ1v) is 9.18. The van der Waals surface area contributed by atoms with Crippen LogP contribution in [0.2, 0.25) is 0 Å². The Morgan fingerprint density at radius 3 is 2.72 bits per heavy atom. The standard InChI is InChI=1S/C20H29N3O2/c1-16(2)5-9-22-10-6-20(7-11-22)15-23(14-18(20)19(24)25)13-17-4-3-8-21-12-17/h3-5,8,12,18H,6-7,9-11,13-15H2,1-2H3,(H,24,25). The zero-order valence-electron chi connectivity index (χ0n) is 15.3. The fraction of sp³-hybridized carbons (Fsp3) is 0.600. The van der Waals surface area contributed by atoms with E-state index in [4.69, 9.17) is 0 Å². The fourth-order valence-electron chi connectivity index (χ4n) is 4.28. The zero-order valence-corrected chi connectivity index (χ0v) is 15.3. The molecule has 0 aromatic carbocycles. The Hall–Kier alpha value is -1.72. The maximum absolute atomic E-state index is 11.9. The smallest absolute Gasteiger partial charge is 0.308 e. The lowest BCUT2D eigenvalue weighted by atomic mass is 9.71. The minimum Gasteiger partial charge on any atom is -0.481 e. The van der Waals surface area contributed by atoms with Gasteiger partial charge in [-0.25, -0.2) is 0 Å². The predicted molar refractivity (Wildman–Crippen MR) is 98.2 cm³/mol. The number of likely N-dealkylation sites (tertiary alicyclic amines) is 2. The van der Waals surface area contributed by atoms with E-state index in [9.17, 15) is 9.90 Å². The minimum atomic E-state index is -0.633. The number of aromatic nitrogens is 1. The molecule has 0 radical (unpaired) electrons. The van der Waals surface area contributed by atoms with Crippen LogP contribution in [-0.4, -0.2) is 58.6 Å². The number of hydrogen-bond donors (Lipinski definition) is 1. The van der Waals surface area contributed by atoms with E-state index in [1.807, 2.05) is 12.3 Å². The molecule has 1 aromatic heterocycles. The van der Waals surface area contributed by atoms with Gasteiger partial charge in [0.2, 0.25) is 0 Å². The van der Waals surface area contributed by atoms with Crippen LogP contribution in [0.5, 0.6) is 0 Å². The van der Waals surface area contributed by atoms with Gasteiger partial charge < -0.3 is 5.11 Å². The highest BCUT2D eigenvalue weighted by molar-refractivity contribution is 5.72. The Kier molecular flexibility index (Phi) is 5.54. The molecule has 0 amide bonds. The molecule has 1 spiro atoms. The van der Waals surface area contributed by atoms with E-state index in [0.717, 1.165) is 51.1 Å². The van der Waals surface area contributed by atoms with Crippen molar-refractivity contribution in [2.45, 2.75) is 33.2 Å². The number of piperidine rings is 1. The number of pyridine rings is 1. The van der Waals surface area contributed by atoms with Crippen LogP contribution in [0.25, 0.3) is 0 Å². The van der Waals surface area contributed by atoms with Crippen molar-refractivity contribution < 1.29 is 9.90 Å². The number of hydrogen-bond acceptors (Lipinski definition) is 4. The van der Waals surface area contributed by atoms with Crippen LogP contribution in [0.1, 0.15) is 32.3 Å². The second kappa shape index (κ2) is 7.67. The molecular formula is C20H29N3O2. The topological polar surface area (TPSA) is 56.7 Å². The van der Waals surface area contributed by atoms with Crippen molar-refractivity contribution in [1.82, 2.24) is 14.8 Å². The first-order chi connectivity index (χ1) is 12.0. The Bertz CT molecular complexity index is 617. The summed E-state index contributed by atoms with van der Waals surface area (Å²) in [6.45, 7) is 9.55. The van der Waals surface area contributed by atoms with Gasteiger partial charge in [0, 0.05) is 44.0 Å². The van der Waals surface area contributed by atoms with Crippen molar-refractivity contribution in [2.75, 3.05) is 32.7 Å². The van der Waals surface area contributed by atoms with Crippen LogP contribution in [0.3, 0.4) is 0 Å². The first kappa shape index (κ1) is 18.1. The highest BCUT2D eigenvalue weighted by atomic mass is 16.4. The number of rotatable bonds is 5. The number of nitrogens with zero attached hydrogens (tertiary/aromatic N) is 3. The van der Waals surface area contributed by atoms with E-state index in [1.165, 1.54) is 5.57 Å². The van der Waals surface area contributed by atoms with Crippen molar-refractivity contribution in [2.24, 2.45) is 11.3 Å². The molecule has 1 unspecified atom stereocenters. The summed E-state index contributed by atoms with van der Waals surface area (Å²) in [5.41, 5.74) is 2.42. The van der Waals surface area contributed by atoms with Gasteiger partial charge in [-0.15, -0.1) is 0 Å². The summed E-state index contributed by atoms with van der Waals surface area (Å²) in [4.78, 5) is 20.8. The van der Waals surface area contributed by atoms with E-state index < -0.39 is 5.97 Å². The monoisotopic (exact) mass is 343 g/mol. The molecule has 136 valence electrons. The molecule has 5 nitrogen and oxygen atoms in total. The summed E-state index contributed by atoms with van der Waals surface area (Å²) in [6, 6.07) is 4.01. The van der Waals surface area contributed by atoms with Gasteiger partial charge in [0.1, 0.15) is 0 Å². The molecule has 3 rings (SSSR count). The Balaban J connectivity index is 1.65. The van der Waals surface area contributed by atoms with Crippen LogP contribution in [0.15, 0.2) is 36.2 Å². The highest BCUT2D eigenvalue weighted by Crippen LogP contribution is 2.45. The largest absolute Gasteiger partial charge is 0.481 e. The number of carbonyl (C=O) groups is 1. The molecule has 1 aromatic rings. The molecule has 0 saturated carbocycles. The quantitative estimate of drug-likeness (QED) is 0.833. The Labute approximate surface area is 150 Å². The molecule has 2 aliphatic rings. The third kappa shape index (κ3) is 4.28. The first-order valence-electron chi connectivity index (χ1n) is 9.18. The van der Waals surface area contributed by atoms with Gasteiger partial charge in [0.25, 0.3) is 0 Å². The molecule has 2 aliphatic heterocycles. The average Bonchev–Trinajstić information content (AvgIpc) is 2.93. The molecular weight excluding hydrogens is 314 g/mol. The van der Waals surface area contributed by atoms with Gasteiger partial charge in [-0.3, -0.25) is 19.6 Å². The predicted octanol–water partition coefficient (Wildman–Crippen LogP) is 2.65. The molecule has 2 fully saturated rings. The maximum atomic E-state index is 11.9. The number of carboxylic acids is 1. The lowest BCUT2D eigenvalue weighted by molar-refractivity contribution is -0.145. The molecule has 0 aliphatic carbocycles. The van der Waals surface area contributed by atoms with Gasteiger partial charge in [-0.2, -0.15) is 0 Å². The minimum absolute atomic E-state index is 0.0739. The summed E-state index contributed by atoms with van der Waals surface area (Å²) in [5, 5.41) is 9.79. The van der Waals surface area contributed by atoms with Crippen molar-refractivity contribution in [3.05, 3.63) is 41.7 Å². The van der Waals surface area contributed by atoms with Crippen LogP contribution in [0.4, 0.5) is 0 Å². The van der Waals surface area contributed by atoms with Gasteiger partial charge in [0.15, 0.2) is 0 Å². The van der Waals surface area contributed by atoms with Gasteiger partial charge in [-0.05, 0) is 51.4 Å². The van der Waals surface area contributed by atoms with Crippen molar-refractivity contribution in [3.8, 4) is 0 Å². The molecule has 2 saturated heterocycles. The van der Waals surface area contributed by atoms with Crippen LogP contribution >= 0.6 is 0 Å². The summed E-state index contributed by atoms with van der Waals surface area (Å²) >= 11 is 0. The molecule has 0 bridgehead atoms. The molecule has 3 heterocycles. The third-order valence-corrected chi connectivity index (χ3v) is 5.76. The summed E-state index contributed by atoms with van der Waals surface area (Å²) in [6.07, 6.45) is 7.87. The molecule has 1 atom stereocenters. The van der Waals surface area contributed by atoms with E-state index >= 15 is 0 Å². The second-order valence-corrected chi connectivity index (χ2v) is 7.87. The van der Waals surface area contributed by atoms with Gasteiger partial charge >= 0.3 is 5.97 Å². The lowest BCUT2D eigenvalue weighted by Gasteiger charge is -2.41. The van der Waals surface area contributed by atoms with Crippen LogP contribution < -0.4 is 0 Å². The van der Waals surface area contributed by atoms with Crippen LogP contribution in [-0.2, 0) is 11.3 Å². The Morgan fingerprint density at radius 1 is 1.36 bits per heavy atom. The van der Waals surface area contributed by atoms with Gasteiger partial charge in [0.05, 0.1) is 5.92 Å². The van der Waals surface area contributed by atoms with E-state index in [-0.39, 0.29) is 11.3 Å². The highest BCUT2D eigenvalue weighted by Gasteiger charge is 2.51. The van der Waals surface area contributed by atoms with Crippen molar-refractivity contribution in [1.29, 1.82) is 0 Å². The average molecular weight is 343 g/mol. The summed E-state index contributed by atoms with van der Waals surface area (Å²) in [5.74, 6) is -0.888. The number of carboxylic acid groups (broad SMARTS) is 1. The van der Waals surface area contributed by atoms with Gasteiger partial charge in [-0.1, -0.05) is 17.7 Å². The fourth-order valence-corrected chi connectivity index (χ4v) is 4.28. The number of aliphatic carboxylic acids is 1. The SMILES string of the molecule is CC(C)=CCN1CCC2(CC1)CN(Cc1cccnc1)CC2C(=O)O. The van der Waals surface area contributed by atoms with E-state index in [1.54, 1.807) is 6.20 Å². The summed E-state index contributed by atoms with van der Waals surface area (Å²) in [7, 11) is 0. The zero-order chi connectivity index (χ0) is 17.9. The van der Waals surface area contributed by atoms with Crippen molar-refractivity contribution >= 4 is 5.97 Å². The molecule has 1 N–H and O–H groups in total. The lowest BCUT2D eigenvalue weighted by Crippen LogP contribution is -2.46. The van der Waals surface area contributed by atoms with Crippen molar-refractivity contribution in [3.63, 3.8) is 0 Å². The third-order valence-electron chi connectivity index (χ3n) is 5.76.